The summed E-state index contributed by atoms with van der Waals surface area (Å²) < 4.78 is 11.6. The zero-order chi connectivity index (χ0) is 20.2. The fourth-order valence-corrected chi connectivity index (χ4v) is 3.28. The number of piperidine rings is 1. The first-order valence-electron chi connectivity index (χ1n) is 10.2. The summed E-state index contributed by atoms with van der Waals surface area (Å²) in [6.45, 7) is 16.9. The zero-order valence-corrected chi connectivity index (χ0v) is 18.2. The average molecular weight is 376 g/mol. The molecule has 1 aliphatic rings. The zero-order valence-electron chi connectivity index (χ0n) is 18.2. The standard InChI is InChI=1S/C23H37NO3/c1-17(22(2,3)4)19-11-8-12-20(14-19)26-16-18-10-9-13-24(15-18)21(25)27-23(5,6)7/h8,11-12,14,17-18H,9-10,13,15-16H2,1-7H3. The van der Waals surface area contributed by atoms with Crippen LogP contribution >= 0.6 is 0 Å². The summed E-state index contributed by atoms with van der Waals surface area (Å²) in [5.41, 5.74) is 1.07. The van der Waals surface area contributed by atoms with E-state index in [2.05, 4.69) is 45.9 Å². The number of carbonyl (C=O) groups excluding carboxylic acids is 1. The van der Waals surface area contributed by atoms with Gasteiger partial charge in [-0.2, -0.15) is 0 Å². The first kappa shape index (κ1) is 21.6. The van der Waals surface area contributed by atoms with Gasteiger partial charge in [-0.05, 0) is 62.6 Å². The topological polar surface area (TPSA) is 38.8 Å². The van der Waals surface area contributed by atoms with Crippen LogP contribution in [0.5, 0.6) is 5.75 Å². The van der Waals surface area contributed by atoms with Crippen LogP contribution in [-0.2, 0) is 4.74 Å². The molecule has 0 aromatic heterocycles. The van der Waals surface area contributed by atoms with Crippen LogP contribution in [0.3, 0.4) is 0 Å². The highest BCUT2D eigenvalue weighted by atomic mass is 16.6. The van der Waals surface area contributed by atoms with Gasteiger partial charge < -0.3 is 14.4 Å². The molecule has 4 heteroatoms. The smallest absolute Gasteiger partial charge is 0.410 e. The number of benzene rings is 1. The third kappa shape index (κ3) is 6.75. The van der Waals surface area contributed by atoms with Gasteiger partial charge in [0.2, 0.25) is 0 Å². The molecule has 27 heavy (non-hydrogen) atoms. The molecule has 1 fully saturated rings. The van der Waals surface area contributed by atoms with Gasteiger partial charge >= 0.3 is 6.09 Å². The van der Waals surface area contributed by atoms with E-state index in [0.717, 1.165) is 25.1 Å². The van der Waals surface area contributed by atoms with Crippen LogP contribution in [0.1, 0.15) is 72.8 Å². The summed E-state index contributed by atoms with van der Waals surface area (Å²) >= 11 is 0. The Bertz CT molecular complexity index is 627. The fourth-order valence-electron chi connectivity index (χ4n) is 3.28. The summed E-state index contributed by atoms with van der Waals surface area (Å²) in [7, 11) is 0. The summed E-state index contributed by atoms with van der Waals surface area (Å²) in [5, 5.41) is 0. The van der Waals surface area contributed by atoms with Crippen LogP contribution in [0.15, 0.2) is 24.3 Å². The molecule has 0 spiro atoms. The van der Waals surface area contributed by atoms with Gasteiger partial charge in [-0.1, -0.05) is 39.8 Å². The maximum absolute atomic E-state index is 12.3. The second-order valence-electron chi connectivity index (χ2n) is 9.91. The molecule has 0 aliphatic carbocycles. The van der Waals surface area contributed by atoms with Crippen molar-refractivity contribution >= 4 is 6.09 Å². The second-order valence-corrected chi connectivity index (χ2v) is 9.91. The highest BCUT2D eigenvalue weighted by Gasteiger charge is 2.28. The van der Waals surface area contributed by atoms with Gasteiger partial charge in [0.15, 0.2) is 0 Å². The molecule has 2 unspecified atom stereocenters. The van der Waals surface area contributed by atoms with Gasteiger partial charge in [-0.15, -0.1) is 0 Å². The number of ether oxygens (including phenoxy) is 2. The van der Waals surface area contributed by atoms with E-state index in [9.17, 15) is 4.79 Å². The van der Waals surface area contributed by atoms with Crippen molar-refractivity contribution in [2.45, 2.75) is 72.8 Å². The molecule has 1 heterocycles. The lowest BCUT2D eigenvalue weighted by molar-refractivity contribution is 0.0139. The highest BCUT2D eigenvalue weighted by Crippen LogP contribution is 2.35. The van der Waals surface area contributed by atoms with Gasteiger partial charge in [0.25, 0.3) is 0 Å². The van der Waals surface area contributed by atoms with Crippen LogP contribution in [0.25, 0.3) is 0 Å². The van der Waals surface area contributed by atoms with Gasteiger partial charge in [0, 0.05) is 19.0 Å². The van der Waals surface area contributed by atoms with Crippen molar-refractivity contribution in [2.24, 2.45) is 11.3 Å². The van der Waals surface area contributed by atoms with E-state index in [0.29, 0.717) is 25.0 Å². The number of hydrogen-bond donors (Lipinski definition) is 0. The Balaban J connectivity index is 1.92. The molecule has 4 nitrogen and oxygen atoms in total. The predicted octanol–water partition coefficient (Wildman–Crippen LogP) is 5.86. The Morgan fingerprint density at radius 1 is 1.22 bits per heavy atom. The van der Waals surface area contributed by atoms with Crippen molar-refractivity contribution in [1.82, 2.24) is 4.90 Å². The lowest BCUT2D eigenvalue weighted by Gasteiger charge is -2.34. The largest absolute Gasteiger partial charge is 0.493 e. The Morgan fingerprint density at radius 3 is 2.56 bits per heavy atom. The molecule has 1 amide bonds. The van der Waals surface area contributed by atoms with Crippen molar-refractivity contribution in [1.29, 1.82) is 0 Å². The maximum Gasteiger partial charge on any atom is 0.410 e. The molecule has 2 atom stereocenters. The second kappa shape index (κ2) is 8.53. The maximum atomic E-state index is 12.3. The number of nitrogens with zero attached hydrogens (tertiary/aromatic N) is 1. The molecule has 0 N–H and O–H groups in total. The molecule has 1 aromatic carbocycles. The van der Waals surface area contributed by atoms with Crippen molar-refractivity contribution < 1.29 is 14.3 Å². The van der Waals surface area contributed by atoms with E-state index in [-0.39, 0.29) is 11.5 Å². The molecule has 2 rings (SSSR count). The molecule has 0 saturated carbocycles. The monoisotopic (exact) mass is 375 g/mol. The molecule has 0 bridgehead atoms. The fraction of sp³-hybridized carbons (Fsp3) is 0.696. The van der Waals surface area contributed by atoms with E-state index in [1.165, 1.54) is 5.56 Å². The number of likely N-dealkylation sites (tertiary alicyclic amines) is 1. The van der Waals surface area contributed by atoms with Crippen molar-refractivity contribution in [3.05, 3.63) is 29.8 Å². The SMILES string of the molecule is CC(c1cccc(OCC2CCCN(C(=O)OC(C)(C)C)C2)c1)C(C)(C)C. The lowest BCUT2D eigenvalue weighted by Crippen LogP contribution is -2.44. The highest BCUT2D eigenvalue weighted by molar-refractivity contribution is 5.68. The summed E-state index contributed by atoms with van der Waals surface area (Å²) in [6, 6.07) is 8.42. The van der Waals surface area contributed by atoms with E-state index in [4.69, 9.17) is 9.47 Å². The van der Waals surface area contributed by atoms with Crippen LogP contribution in [0.2, 0.25) is 0 Å². The lowest BCUT2D eigenvalue weighted by atomic mass is 9.78. The van der Waals surface area contributed by atoms with Gasteiger partial charge in [-0.3, -0.25) is 0 Å². The Labute approximate surface area is 165 Å². The summed E-state index contributed by atoms with van der Waals surface area (Å²) in [4.78, 5) is 14.1. The molecule has 0 radical (unpaired) electrons. The first-order valence-corrected chi connectivity index (χ1v) is 10.2. The van der Waals surface area contributed by atoms with Crippen molar-refractivity contribution in [3.8, 4) is 5.75 Å². The van der Waals surface area contributed by atoms with E-state index in [1.807, 2.05) is 31.7 Å². The molecule has 1 saturated heterocycles. The van der Waals surface area contributed by atoms with Crippen molar-refractivity contribution in [2.75, 3.05) is 19.7 Å². The third-order valence-corrected chi connectivity index (χ3v) is 5.31. The third-order valence-electron chi connectivity index (χ3n) is 5.31. The minimum absolute atomic E-state index is 0.215. The van der Waals surface area contributed by atoms with Crippen LogP contribution < -0.4 is 4.74 Å². The minimum Gasteiger partial charge on any atom is -0.493 e. The van der Waals surface area contributed by atoms with Gasteiger partial charge in [0.1, 0.15) is 11.4 Å². The van der Waals surface area contributed by atoms with Crippen LogP contribution in [-0.4, -0.2) is 36.3 Å². The molecular weight excluding hydrogens is 338 g/mol. The molecule has 1 aromatic rings. The Morgan fingerprint density at radius 2 is 1.93 bits per heavy atom. The number of hydrogen-bond acceptors (Lipinski definition) is 3. The number of amides is 1. The molecule has 1 aliphatic heterocycles. The van der Waals surface area contributed by atoms with Crippen molar-refractivity contribution in [3.63, 3.8) is 0 Å². The number of rotatable bonds is 4. The predicted molar refractivity (Wildman–Crippen MR) is 110 cm³/mol. The summed E-state index contributed by atoms with van der Waals surface area (Å²) in [6.07, 6.45) is 1.86. The Hall–Kier alpha value is -1.71. The van der Waals surface area contributed by atoms with Gasteiger partial charge in [0.05, 0.1) is 6.61 Å². The minimum atomic E-state index is -0.454. The Kier molecular flexibility index (Phi) is 6.82. The normalized spacial score (nSPS) is 19.5. The summed E-state index contributed by atoms with van der Waals surface area (Å²) in [5.74, 6) is 1.71. The van der Waals surface area contributed by atoms with Crippen LogP contribution in [0.4, 0.5) is 4.79 Å². The van der Waals surface area contributed by atoms with E-state index < -0.39 is 5.60 Å². The van der Waals surface area contributed by atoms with E-state index >= 15 is 0 Å². The van der Waals surface area contributed by atoms with E-state index in [1.54, 1.807) is 0 Å². The quantitative estimate of drug-likeness (QED) is 0.661. The number of carbonyl (C=O) groups is 1. The van der Waals surface area contributed by atoms with Crippen LogP contribution in [0, 0.1) is 11.3 Å². The molecule has 152 valence electrons. The molecular formula is C23H37NO3. The van der Waals surface area contributed by atoms with Gasteiger partial charge in [-0.25, -0.2) is 4.79 Å². The first-order chi connectivity index (χ1) is 12.5. The average Bonchev–Trinajstić information content (AvgIpc) is 2.57.